The number of nitrogens with two attached hydrogens (primary N) is 1. The highest BCUT2D eigenvalue weighted by atomic mass is 16.6. The summed E-state index contributed by atoms with van der Waals surface area (Å²) in [4.78, 5) is 26.1. The Morgan fingerprint density at radius 2 is 1.57 bits per heavy atom. The third kappa shape index (κ3) is 7.42. The molecule has 1 aliphatic rings. The highest BCUT2D eigenvalue weighted by Gasteiger charge is 2.44. The van der Waals surface area contributed by atoms with Crippen molar-refractivity contribution in [1.29, 1.82) is 0 Å². The van der Waals surface area contributed by atoms with Crippen molar-refractivity contribution >= 4 is 12.0 Å². The van der Waals surface area contributed by atoms with Crippen molar-refractivity contribution in [3.8, 4) is 5.75 Å². The normalized spacial score (nSPS) is 17.8. The molecule has 5 atom stereocenters. The molecule has 3 aromatic rings. The molecule has 0 aliphatic heterocycles. The van der Waals surface area contributed by atoms with Crippen LogP contribution < -0.4 is 11.1 Å². The molecule has 7 heteroatoms. The number of phenolic OH excluding ortho intramolecular Hbond substituents is 1. The summed E-state index contributed by atoms with van der Waals surface area (Å²) in [5.41, 5.74) is 9.39. The number of hydrogen-bond donors (Lipinski definition) is 4. The first-order valence-corrected chi connectivity index (χ1v) is 13.9. The number of fused-ring (bicyclic) bond motifs is 1. The predicted octanol–water partition coefficient (Wildman–Crippen LogP) is 4.88. The van der Waals surface area contributed by atoms with Crippen LogP contribution >= 0.6 is 0 Å². The number of ether oxygens (including phenoxy) is 1. The Hall–Kier alpha value is -3.84. The van der Waals surface area contributed by atoms with Gasteiger partial charge >= 0.3 is 6.09 Å². The fraction of sp³-hybridized carbons (Fsp3) is 0.394. The second-order valence-corrected chi connectivity index (χ2v) is 11.7. The Balaban J connectivity index is 1.74. The monoisotopic (exact) mass is 544 g/mol. The molecule has 0 spiro atoms. The number of carbonyl (C=O) groups excluding carboxylic acids is 2. The predicted molar refractivity (Wildman–Crippen MR) is 155 cm³/mol. The zero-order chi connectivity index (χ0) is 28.9. The van der Waals surface area contributed by atoms with Gasteiger partial charge in [-0.15, -0.1) is 0 Å². The fourth-order valence-corrected chi connectivity index (χ4v) is 5.91. The van der Waals surface area contributed by atoms with Gasteiger partial charge < -0.3 is 26.0 Å². The number of nitrogens with one attached hydrogen (secondary N) is 1. The standard InChI is InChI=1S/C33H40N2O5/c1-33(2,3)40-32(39)35-28(20-21-9-5-4-6-10-21)30(37)29(26-18-15-23-11-7-8-12-25(23)26)27(31(34)38)19-22-13-16-24(36)17-14-22/h4-14,16-17,26-30,36-37H,15,18-20H2,1-3H3,(H2,34,38)(H,35,39). The molecule has 4 rings (SSSR count). The van der Waals surface area contributed by atoms with Crippen LogP contribution in [0.3, 0.4) is 0 Å². The van der Waals surface area contributed by atoms with Crippen LogP contribution in [0.4, 0.5) is 4.79 Å². The number of benzene rings is 3. The van der Waals surface area contributed by atoms with Gasteiger partial charge in [-0.3, -0.25) is 4.79 Å². The van der Waals surface area contributed by atoms with E-state index in [4.69, 9.17) is 10.5 Å². The maximum absolute atomic E-state index is 13.1. The number of aliphatic hydroxyl groups is 1. The van der Waals surface area contributed by atoms with E-state index >= 15 is 0 Å². The minimum atomic E-state index is -1.11. The topological polar surface area (TPSA) is 122 Å². The molecule has 1 aliphatic carbocycles. The van der Waals surface area contributed by atoms with Gasteiger partial charge in [0.1, 0.15) is 11.4 Å². The molecule has 3 aromatic carbocycles. The lowest BCUT2D eigenvalue weighted by molar-refractivity contribution is -0.126. The second kappa shape index (κ2) is 12.6. The largest absolute Gasteiger partial charge is 0.508 e. The molecule has 0 saturated heterocycles. The van der Waals surface area contributed by atoms with Gasteiger partial charge in [0, 0.05) is 11.8 Å². The van der Waals surface area contributed by atoms with Crippen molar-refractivity contribution in [1.82, 2.24) is 5.32 Å². The van der Waals surface area contributed by atoms with Gasteiger partial charge in [0.25, 0.3) is 0 Å². The zero-order valence-corrected chi connectivity index (χ0v) is 23.4. The third-order valence-electron chi connectivity index (χ3n) is 7.67. The van der Waals surface area contributed by atoms with Gasteiger partial charge in [0.15, 0.2) is 0 Å². The molecule has 5 N–H and O–H groups in total. The number of phenols is 1. The molecule has 212 valence electrons. The van der Waals surface area contributed by atoms with Gasteiger partial charge in [-0.1, -0.05) is 66.7 Å². The maximum Gasteiger partial charge on any atom is 0.407 e. The van der Waals surface area contributed by atoms with Crippen LogP contribution in [0.15, 0.2) is 78.9 Å². The molecule has 0 saturated carbocycles. The molecule has 2 amide bonds. The number of amides is 2. The average Bonchev–Trinajstić information content (AvgIpc) is 3.32. The molecule has 5 unspecified atom stereocenters. The van der Waals surface area contributed by atoms with E-state index in [1.54, 1.807) is 45.0 Å². The van der Waals surface area contributed by atoms with Gasteiger partial charge in [-0.05, 0) is 86.8 Å². The second-order valence-electron chi connectivity index (χ2n) is 11.7. The highest BCUT2D eigenvalue weighted by Crippen LogP contribution is 2.44. The summed E-state index contributed by atoms with van der Waals surface area (Å²) in [7, 11) is 0. The molecular weight excluding hydrogens is 504 g/mol. The zero-order valence-electron chi connectivity index (χ0n) is 23.4. The summed E-state index contributed by atoms with van der Waals surface area (Å²) in [6.45, 7) is 5.36. The van der Waals surface area contributed by atoms with Gasteiger partial charge in [-0.2, -0.15) is 0 Å². The van der Waals surface area contributed by atoms with Crippen LogP contribution in [0.1, 0.15) is 55.4 Å². The van der Waals surface area contributed by atoms with Crippen LogP contribution in [0.2, 0.25) is 0 Å². The molecule has 0 bridgehead atoms. The van der Waals surface area contributed by atoms with E-state index in [0.29, 0.717) is 12.8 Å². The fourth-order valence-electron chi connectivity index (χ4n) is 5.91. The number of carbonyl (C=O) groups is 2. The Labute approximate surface area is 236 Å². The Morgan fingerprint density at radius 3 is 2.23 bits per heavy atom. The smallest absolute Gasteiger partial charge is 0.407 e. The number of hydrogen-bond acceptors (Lipinski definition) is 5. The Bertz CT molecular complexity index is 1290. The van der Waals surface area contributed by atoms with Gasteiger partial charge in [0.05, 0.1) is 12.1 Å². The number of primary amides is 1. The van der Waals surface area contributed by atoms with Crippen LogP contribution in [0.25, 0.3) is 0 Å². The first-order chi connectivity index (χ1) is 19.0. The van der Waals surface area contributed by atoms with Crippen molar-refractivity contribution in [2.24, 2.45) is 17.6 Å². The van der Waals surface area contributed by atoms with Gasteiger partial charge in [0.2, 0.25) is 5.91 Å². The van der Waals surface area contributed by atoms with Crippen LogP contribution in [0, 0.1) is 11.8 Å². The van der Waals surface area contributed by atoms with E-state index < -0.39 is 41.6 Å². The SMILES string of the molecule is CC(C)(C)OC(=O)NC(Cc1ccccc1)C(O)C(C(Cc1ccc(O)cc1)C(N)=O)C1CCc2ccccc21. The third-order valence-corrected chi connectivity index (χ3v) is 7.67. The van der Waals surface area contributed by atoms with Crippen LogP contribution in [-0.2, 0) is 28.8 Å². The van der Waals surface area contributed by atoms with Crippen LogP contribution in [0.5, 0.6) is 5.75 Å². The minimum Gasteiger partial charge on any atom is -0.508 e. The van der Waals surface area contributed by atoms with Crippen molar-refractivity contribution in [3.63, 3.8) is 0 Å². The molecule has 0 heterocycles. The lowest BCUT2D eigenvalue weighted by Gasteiger charge is -2.38. The number of aromatic hydroxyl groups is 1. The van der Waals surface area contributed by atoms with Crippen molar-refractivity contribution in [2.75, 3.05) is 0 Å². The lowest BCUT2D eigenvalue weighted by atomic mass is 9.70. The number of aliphatic hydroxyl groups excluding tert-OH is 1. The molecule has 0 aromatic heterocycles. The summed E-state index contributed by atoms with van der Waals surface area (Å²) >= 11 is 0. The van der Waals surface area contributed by atoms with Crippen molar-refractivity contribution < 1.29 is 24.5 Å². The van der Waals surface area contributed by atoms with Gasteiger partial charge in [-0.25, -0.2) is 4.79 Å². The average molecular weight is 545 g/mol. The number of aryl methyl sites for hydroxylation is 1. The van der Waals surface area contributed by atoms with E-state index in [9.17, 15) is 19.8 Å². The molecular formula is C33H40N2O5. The summed E-state index contributed by atoms with van der Waals surface area (Å²) in [6, 6.07) is 23.7. The number of alkyl carbamates (subject to hydrolysis) is 1. The van der Waals surface area contributed by atoms with E-state index in [1.165, 1.54) is 5.56 Å². The molecule has 7 nitrogen and oxygen atoms in total. The van der Waals surface area contributed by atoms with Crippen LogP contribution in [-0.4, -0.2) is 40.0 Å². The summed E-state index contributed by atoms with van der Waals surface area (Å²) in [6.07, 6.45) is 0.477. The summed E-state index contributed by atoms with van der Waals surface area (Å²) in [5.74, 6) is -1.84. The number of rotatable bonds is 10. The quantitative estimate of drug-likeness (QED) is 0.290. The van der Waals surface area contributed by atoms with E-state index in [-0.39, 0.29) is 11.7 Å². The maximum atomic E-state index is 13.1. The van der Waals surface area contributed by atoms with Crippen molar-refractivity contribution in [2.45, 2.75) is 70.1 Å². The minimum absolute atomic E-state index is 0.130. The first-order valence-electron chi connectivity index (χ1n) is 13.9. The van der Waals surface area contributed by atoms with Crippen molar-refractivity contribution in [3.05, 3.63) is 101 Å². The lowest BCUT2D eigenvalue weighted by Crippen LogP contribution is -2.53. The Morgan fingerprint density at radius 1 is 0.950 bits per heavy atom. The van der Waals surface area contributed by atoms with E-state index in [2.05, 4.69) is 17.4 Å². The Kier molecular flexibility index (Phi) is 9.15. The summed E-state index contributed by atoms with van der Waals surface area (Å²) in [5, 5.41) is 24.9. The molecule has 0 fully saturated rings. The summed E-state index contributed by atoms with van der Waals surface area (Å²) < 4.78 is 5.56. The molecule has 40 heavy (non-hydrogen) atoms. The molecule has 0 radical (unpaired) electrons. The van der Waals surface area contributed by atoms with E-state index in [1.807, 2.05) is 42.5 Å². The van der Waals surface area contributed by atoms with E-state index in [0.717, 1.165) is 29.5 Å². The first kappa shape index (κ1) is 29.2. The highest BCUT2D eigenvalue weighted by molar-refractivity contribution is 5.78.